The van der Waals surface area contributed by atoms with Gasteiger partial charge in [0.15, 0.2) is 0 Å². The minimum atomic E-state index is -4.51. The summed E-state index contributed by atoms with van der Waals surface area (Å²) in [6.45, 7) is 2.23. The summed E-state index contributed by atoms with van der Waals surface area (Å²) in [7, 11) is -3.20. The van der Waals surface area contributed by atoms with E-state index in [4.69, 9.17) is 0 Å². The number of aromatic amines is 1. The molecule has 0 aromatic carbocycles. The number of sulfonamides is 1. The third kappa shape index (κ3) is 3.90. The van der Waals surface area contributed by atoms with Gasteiger partial charge in [-0.1, -0.05) is 0 Å². The molecule has 3 saturated heterocycles. The molecule has 4 fully saturated rings. The van der Waals surface area contributed by atoms with E-state index in [9.17, 15) is 26.4 Å². The largest absolute Gasteiger partial charge is 0.451 e. The van der Waals surface area contributed by atoms with Crippen LogP contribution in [-0.4, -0.2) is 76.9 Å². The molecule has 1 aromatic rings. The van der Waals surface area contributed by atoms with E-state index < -0.39 is 27.6 Å². The van der Waals surface area contributed by atoms with Gasteiger partial charge in [0.2, 0.25) is 15.8 Å². The Balaban J connectivity index is 1.07. The molecule has 4 heterocycles. The summed E-state index contributed by atoms with van der Waals surface area (Å²) in [5, 5.41) is 6.82. The molecule has 1 aliphatic carbocycles. The van der Waals surface area contributed by atoms with Crippen molar-refractivity contribution < 1.29 is 26.4 Å². The van der Waals surface area contributed by atoms with E-state index >= 15 is 0 Å². The highest BCUT2D eigenvalue weighted by molar-refractivity contribution is 7.89. The molecule has 1 saturated carbocycles. The number of aromatic nitrogens is 3. The van der Waals surface area contributed by atoms with Gasteiger partial charge >= 0.3 is 12.2 Å². The average Bonchev–Trinajstić information content (AvgIpc) is 3.23. The third-order valence-electron chi connectivity index (χ3n) is 7.25. The van der Waals surface area contributed by atoms with Gasteiger partial charge in [0.1, 0.15) is 5.82 Å². The summed E-state index contributed by atoms with van der Waals surface area (Å²) in [4.78, 5) is 18.5. The normalized spacial score (nSPS) is 26.8. The van der Waals surface area contributed by atoms with Gasteiger partial charge in [-0.2, -0.15) is 13.2 Å². The van der Waals surface area contributed by atoms with Gasteiger partial charge in [-0.05, 0) is 38.0 Å². The standard InChI is InChI=1S/C18H25F3N6O3S/c19-18(20,21)14-22-13(23-24-14)7-12-1-3-16(4-2-12)8-26(9-16)15(28)27-10-17(11-27)5-6-31(29,30)25-17/h12,25H,1-11H2,(H,22,23,24). The third-order valence-corrected chi connectivity index (χ3v) is 8.74. The lowest BCUT2D eigenvalue weighted by atomic mass is 9.65. The van der Waals surface area contributed by atoms with Crippen molar-refractivity contribution in [3.8, 4) is 0 Å². The van der Waals surface area contributed by atoms with Gasteiger partial charge in [0.05, 0.1) is 11.3 Å². The Bertz CT molecular complexity index is 972. The second-order valence-corrected chi connectivity index (χ2v) is 11.6. The number of hydrogen-bond donors (Lipinski definition) is 2. The first-order chi connectivity index (χ1) is 14.5. The van der Waals surface area contributed by atoms with Crippen LogP contribution >= 0.6 is 0 Å². The highest BCUT2D eigenvalue weighted by Gasteiger charge is 2.55. The number of nitrogens with one attached hydrogen (secondary N) is 2. The number of carbonyl (C=O) groups is 1. The number of halogens is 3. The number of amides is 2. The molecule has 2 amide bonds. The molecule has 0 bridgehead atoms. The van der Waals surface area contributed by atoms with E-state index in [1.807, 2.05) is 4.90 Å². The van der Waals surface area contributed by atoms with Crippen LogP contribution in [0.5, 0.6) is 0 Å². The Kier molecular flexibility index (Phi) is 4.60. The Labute approximate surface area is 177 Å². The lowest BCUT2D eigenvalue weighted by molar-refractivity contribution is -0.144. The lowest BCUT2D eigenvalue weighted by Gasteiger charge is -2.56. The number of rotatable bonds is 2. The summed E-state index contributed by atoms with van der Waals surface area (Å²) in [5.74, 6) is -0.404. The number of likely N-dealkylation sites (tertiary alicyclic amines) is 2. The van der Waals surface area contributed by atoms with E-state index in [1.165, 1.54) is 0 Å². The number of hydrogen-bond acceptors (Lipinski definition) is 5. The number of carbonyl (C=O) groups excluding carboxylic acids is 1. The Morgan fingerprint density at radius 1 is 1.06 bits per heavy atom. The maximum absolute atomic E-state index is 12.7. The van der Waals surface area contributed by atoms with Crippen LogP contribution in [-0.2, 0) is 22.6 Å². The minimum Gasteiger partial charge on any atom is -0.323 e. The first kappa shape index (κ1) is 21.0. The zero-order chi connectivity index (χ0) is 22.1. The molecule has 0 unspecified atom stereocenters. The van der Waals surface area contributed by atoms with Crippen molar-refractivity contribution >= 4 is 16.1 Å². The predicted octanol–water partition coefficient (Wildman–Crippen LogP) is 1.36. The molecule has 13 heteroatoms. The zero-order valence-electron chi connectivity index (χ0n) is 16.9. The number of alkyl halides is 3. The smallest absolute Gasteiger partial charge is 0.323 e. The van der Waals surface area contributed by atoms with Gasteiger partial charge in [-0.3, -0.25) is 0 Å². The first-order valence-corrected chi connectivity index (χ1v) is 12.2. The molecule has 0 atom stereocenters. The quantitative estimate of drug-likeness (QED) is 0.689. The molecule has 3 aliphatic heterocycles. The van der Waals surface area contributed by atoms with Crippen LogP contribution in [0.3, 0.4) is 0 Å². The highest BCUT2D eigenvalue weighted by Crippen LogP contribution is 2.47. The van der Waals surface area contributed by atoms with E-state index in [0.717, 1.165) is 25.7 Å². The van der Waals surface area contributed by atoms with Gasteiger partial charge in [-0.15, -0.1) is 10.2 Å². The highest BCUT2D eigenvalue weighted by atomic mass is 32.2. The summed E-state index contributed by atoms with van der Waals surface area (Å²) in [5.41, 5.74) is -0.371. The fourth-order valence-electron chi connectivity index (χ4n) is 5.50. The van der Waals surface area contributed by atoms with Crippen molar-refractivity contribution in [1.82, 2.24) is 29.7 Å². The van der Waals surface area contributed by atoms with Crippen molar-refractivity contribution in [3.63, 3.8) is 0 Å². The topological polar surface area (TPSA) is 111 Å². The number of nitrogens with zero attached hydrogens (tertiary/aromatic N) is 4. The molecular formula is C18H25F3N6O3S. The van der Waals surface area contributed by atoms with E-state index in [-0.39, 0.29) is 28.9 Å². The molecule has 2 N–H and O–H groups in total. The molecule has 9 nitrogen and oxygen atoms in total. The molecule has 172 valence electrons. The summed E-state index contributed by atoms with van der Waals surface area (Å²) < 4.78 is 63.9. The van der Waals surface area contributed by atoms with Crippen LogP contribution in [0, 0.1) is 11.3 Å². The van der Waals surface area contributed by atoms with Crippen LogP contribution in [0.1, 0.15) is 43.8 Å². The molecular weight excluding hydrogens is 437 g/mol. The van der Waals surface area contributed by atoms with Crippen molar-refractivity contribution in [2.75, 3.05) is 31.9 Å². The van der Waals surface area contributed by atoms with E-state index in [2.05, 4.69) is 19.9 Å². The summed E-state index contributed by atoms with van der Waals surface area (Å²) in [6.07, 6.45) is 0.129. The molecule has 1 aromatic heterocycles. The number of urea groups is 1. The van der Waals surface area contributed by atoms with Crippen molar-refractivity contribution in [3.05, 3.63) is 11.6 Å². The summed E-state index contributed by atoms with van der Waals surface area (Å²) >= 11 is 0. The van der Waals surface area contributed by atoms with E-state index in [1.54, 1.807) is 4.90 Å². The molecule has 5 rings (SSSR count). The van der Waals surface area contributed by atoms with Crippen molar-refractivity contribution in [2.24, 2.45) is 11.3 Å². The summed E-state index contributed by atoms with van der Waals surface area (Å²) in [6, 6.07) is -0.0363. The first-order valence-electron chi connectivity index (χ1n) is 10.5. The van der Waals surface area contributed by atoms with E-state index in [0.29, 0.717) is 39.0 Å². The zero-order valence-corrected chi connectivity index (χ0v) is 17.7. The maximum Gasteiger partial charge on any atom is 0.451 e. The second kappa shape index (κ2) is 6.80. The Hall–Kier alpha value is -1.89. The molecule has 31 heavy (non-hydrogen) atoms. The van der Waals surface area contributed by atoms with Gasteiger partial charge < -0.3 is 14.8 Å². The van der Waals surface area contributed by atoms with Gasteiger partial charge in [-0.25, -0.2) is 17.9 Å². The van der Waals surface area contributed by atoms with Crippen molar-refractivity contribution in [1.29, 1.82) is 0 Å². The van der Waals surface area contributed by atoms with Gasteiger partial charge in [0, 0.05) is 38.0 Å². The monoisotopic (exact) mass is 462 g/mol. The van der Waals surface area contributed by atoms with Crippen LogP contribution < -0.4 is 4.72 Å². The van der Waals surface area contributed by atoms with Crippen LogP contribution in [0.4, 0.5) is 18.0 Å². The predicted molar refractivity (Wildman–Crippen MR) is 102 cm³/mol. The maximum atomic E-state index is 12.7. The Morgan fingerprint density at radius 3 is 2.26 bits per heavy atom. The van der Waals surface area contributed by atoms with Crippen LogP contribution in [0.25, 0.3) is 0 Å². The van der Waals surface area contributed by atoms with Crippen LogP contribution in [0.15, 0.2) is 0 Å². The second-order valence-electron chi connectivity index (χ2n) is 9.71. The Morgan fingerprint density at radius 2 is 1.71 bits per heavy atom. The molecule has 2 spiro atoms. The SMILES string of the molecule is O=C(N1CC2(CCC(Cc3nnc(C(F)(F)F)[nH]3)CC2)C1)N1CC2(CCS(=O)(=O)N2)C1. The van der Waals surface area contributed by atoms with Crippen LogP contribution in [0.2, 0.25) is 0 Å². The minimum absolute atomic E-state index is 0.0363. The average molecular weight is 462 g/mol. The van der Waals surface area contributed by atoms with Gasteiger partial charge in [0.25, 0.3) is 0 Å². The molecule has 4 aliphatic rings. The fraction of sp³-hybridized carbons (Fsp3) is 0.833. The molecule has 0 radical (unpaired) electrons. The number of H-pyrrole nitrogens is 1. The van der Waals surface area contributed by atoms with Crippen molar-refractivity contribution in [2.45, 2.75) is 50.2 Å². The lowest BCUT2D eigenvalue weighted by Crippen LogP contribution is -2.72. The fourth-order valence-corrected chi connectivity index (χ4v) is 7.16.